The summed E-state index contributed by atoms with van der Waals surface area (Å²) in [6.07, 6.45) is 2.32. The number of aryl methyl sites for hydroxylation is 1. The second-order valence-corrected chi connectivity index (χ2v) is 10.6. The summed E-state index contributed by atoms with van der Waals surface area (Å²) in [7, 11) is 0. The van der Waals surface area contributed by atoms with Crippen LogP contribution in [0.2, 0.25) is 5.02 Å². The molecular formula is C25H32ClN5O3. The molecule has 1 aromatic carbocycles. The number of carbonyl (C=O) groups is 2. The number of anilines is 3. The molecule has 0 saturated heterocycles. The molecule has 2 unspecified atom stereocenters. The van der Waals surface area contributed by atoms with Crippen LogP contribution in [0.3, 0.4) is 0 Å². The third kappa shape index (κ3) is 4.39. The second kappa shape index (κ2) is 8.98. The largest absolute Gasteiger partial charge is 0.465 e. The Bertz CT molecular complexity index is 1130. The van der Waals surface area contributed by atoms with E-state index in [2.05, 4.69) is 21.3 Å². The minimum Gasteiger partial charge on any atom is -0.465 e. The van der Waals surface area contributed by atoms with Crippen molar-refractivity contribution in [3.05, 3.63) is 46.0 Å². The maximum absolute atomic E-state index is 12.6. The molecule has 2 atom stereocenters. The molecule has 1 aromatic heterocycles. The van der Waals surface area contributed by atoms with Crippen LogP contribution in [0.5, 0.6) is 0 Å². The van der Waals surface area contributed by atoms with Gasteiger partial charge >= 0.3 is 6.09 Å². The van der Waals surface area contributed by atoms with Gasteiger partial charge in [0.2, 0.25) is 0 Å². The minimum absolute atomic E-state index is 0.222. The van der Waals surface area contributed by atoms with Gasteiger partial charge in [-0.3, -0.25) is 4.79 Å². The molecule has 2 amide bonds. The predicted molar refractivity (Wildman–Crippen MR) is 134 cm³/mol. The van der Waals surface area contributed by atoms with E-state index in [1.54, 1.807) is 0 Å². The molecule has 34 heavy (non-hydrogen) atoms. The molecule has 1 fully saturated rings. The molecule has 182 valence electrons. The highest BCUT2D eigenvalue weighted by Gasteiger charge is 2.51. The minimum atomic E-state index is -1.05. The number of hydrogen-bond acceptors (Lipinski definition) is 5. The molecule has 0 spiro atoms. The third-order valence-electron chi connectivity index (χ3n) is 7.06. The first kappa shape index (κ1) is 24.1. The number of halogens is 1. The summed E-state index contributed by atoms with van der Waals surface area (Å²) in [5.41, 5.74) is 1.95. The van der Waals surface area contributed by atoms with Crippen molar-refractivity contribution >= 4 is 40.9 Å². The molecule has 0 bridgehead atoms. The number of rotatable bonds is 5. The van der Waals surface area contributed by atoms with E-state index in [0.717, 1.165) is 30.5 Å². The summed E-state index contributed by atoms with van der Waals surface area (Å²) in [6.45, 7) is 8.46. The van der Waals surface area contributed by atoms with Crippen molar-refractivity contribution in [3.8, 4) is 0 Å². The molecule has 4 rings (SSSR count). The lowest BCUT2D eigenvalue weighted by molar-refractivity contribution is 0.0720. The Balaban J connectivity index is 1.77. The van der Waals surface area contributed by atoms with Crippen LogP contribution >= 0.6 is 11.6 Å². The average Bonchev–Trinajstić information content (AvgIpc) is 3.14. The smallest absolute Gasteiger partial charge is 0.405 e. The Labute approximate surface area is 204 Å². The number of nitrogens with one attached hydrogen (secondary N) is 4. The number of hydrogen-bond donors (Lipinski definition) is 5. The molecule has 9 heteroatoms. The lowest BCUT2D eigenvalue weighted by atomic mass is 9.63. The molecule has 0 radical (unpaired) electrons. The maximum atomic E-state index is 12.6. The van der Waals surface area contributed by atoms with Crippen molar-refractivity contribution in [1.29, 1.82) is 0 Å². The van der Waals surface area contributed by atoms with Gasteiger partial charge in [-0.25, -0.2) is 9.78 Å². The predicted octanol–water partition coefficient (Wildman–Crippen LogP) is 5.44. The zero-order chi connectivity index (χ0) is 24.7. The summed E-state index contributed by atoms with van der Waals surface area (Å²) in [5.74, 6) is 0.644. The maximum Gasteiger partial charge on any atom is 0.405 e. The SMILES string of the molecule is Cc1cccc(Nc2nc(NC3CCCCC3(NC(=O)O)C(C)(C)C)c(Cl)c3c2C(=O)NC3)c1. The van der Waals surface area contributed by atoms with E-state index in [9.17, 15) is 14.7 Å². The van der Waals surface area contributed by atoms with Crippen molar-refractivity contribution in [3.63, 3.8) is 0 Å². The molecule has 2 heterocycles. The number of pyridine rings is 1. The fourth-order valence-electron chi connectivity index (χ4n) is 5.28. The van der Waals surface area contributed by atoms with Gasteiger partial charge in [-0.1, -0.05) is 57.3 Å². The van der Waals surface area contributed by atoms with Gasteiger partial charge < -0.3 is 26.4 Å². The number of aromatic nitrogens is 1. The molecule has 2 aliphatic rings. The number of carbonyl (C=O) groups excluding carboxylic acids is 1. The summed E-state index contributed by atoms with van der Waals surface area (Å²) < 4.78 is 0. The van der Waals surface area contributed by atoms with E-state index in [0.29, 0.717) is 40.8 Å². The lowest BCUT2D eigenvalue weighted by Gasteiger charge is -2.52. The van der Waals surface area contributed by atoms with Crippen molar-refractivity contribution in [2.24, 2.45) is 5.41 Å². The molecule has 5 N–H and O–H groups in total. The Morgan fingerprint density at radius 2 is 2.03 bits per heavy atom. The van der Waals surface area contributed by atoms with E-state index in [4.69, 9.17) is 16.6 Å². The van der Waals surface area contributed by atoms with Gasteiger partial charge in [0, 0.05) is 17.8 Å². The quantitative estimate of drug-likeness (QED) is 0.385. The summed E-state index contributed by atoms with van der Waals surface area (Å²) in [4.78, 5) is 29.2. The van der Waals surface area contributed by atoms with Crippen LogP contribution in [0.25, 0.3) is 0 Å². The van der Waals surface area contributed by atoms with Gasteiger partial charge in [0.05, 0.1) is 22.2 Å². The van der Waals surface area contributed by atoms with E-state index < -0.39 is 11.6 Å². The Kier molecular flexibility index (Phi) is 6.38. The number of nitrogens with zero attached hydrogens (tertiary/aromatic N) is 1. The molecule has 1 aliphatic carbocycles. The molecule has 2 aromatic rings. The van der Waals surface area contributed by atoms with E-state index in [-0.39, 0.29) is 17.4 Å². The molecule has 1 saturated carbocycles. The van der Waals surface area contributed by atoms with Gasteiger partial charge in [0.15, 0.2) is 0 Å². The third-order valence-corrected chi connectivity index (χ3v) is 7.46. The normalized spacial score (nSPS) is 22.0. The van der Waals surface area contributed by atoms with Crippen LogP contribution in [0.1, 0.15) is 67.9 Å². The van der Waals surface area contributed by atoms with Crippen molar-refractivity contribution < 1.29 is 14.7 Å². The topological polar surface area (TPSA) is 115 Å². The van der Waals surface area contributed by atoms with Crippen LogP contribution in [-0.4, -0.2) is 33.7 Å². The first-order chi connectivity index (χ1) is 16.0. The van der Waals surface area contributed by atoms with Gasteiger partial charge in [0.25, 0.3) is 5.91 Å². The highest BCUT2D eigenvalue weighted by Crippen LogP contribution is 2.44. The average molecular weight is 486 g/mol. The summed E-state index contributed by atoms with van der Waals surface area (Å²) >= 11 is 6.77. The number of fused-ring (bicyclic) bond motifs is 1. The van der Waals surface area contributed by atoms with E-state index in [1.165, 1.54) is 0 Å². The summed E-state index contributed by atoms with van der Waals surface area (Å²) in [5, 5.41) is 22.5. The van der Waals surface area contributed by atoms with Crippen molar-refractivity contribution in [2.45, 2.75) is 71.5 Å². The highest BCUT2D eigenvalue weighted by molar-refractivity contribution is 6.34. The van der Waals surface area contributed by atoms with Gasteiger partial charge in [-0.15, -0.1) is 0 Å². The first-order valence-electron chi connectivity index (χ1n) is 11.6. The second-order valence-electron chi connectivity index (χ2n) is 10.2. The Morgan fingerprint density at radius 1 is 1.26 bits per heavy atom. The number of amides is 2. The van der Waals surface area contributed by atoms with Crippen LogP contribution in [0, 0.1) is 12.3 Å². The molecule has 1 aliphatic heterocycles. The number of carboxylic acid groups (broad SMARTS) is 1. The highest BCUT2D eigenvalue weighted by atomic mass is 35.5. The van der Waals surface area contributed by atoms with Gasteiger partial charge in [-0.05, 0) is 42.9 Å². The van der Waals surface area contributed by atoms with Crippen LogP contribution < -0.4 is 21.3 Å². The zero-order valence-corrected chi connectivity index (χ0v) is 20.8. The Hall–Kier alpha value is -3.00. The monoisotopic (exact) mass is 485 g/mol. The zero-order valence-electron chi connectivity index (χ0n) is 20.0. The summed E-state index contributed by atoms with van der Waals surface area (Å²) in [6, 6.07) is 7.60. The van der Waals surface area contributed by atoms with Gasteiger partial charge in [-0.2, -0.15) is 0 Å². The fraction of sp³-hybridized carbons (Fsp3) is 0.480. The standard InChI is InChI=1S/C25H32ClN5O3/c1-14-8-7-9-15(12-14)28-20-18-16(13-27-22(18)32)19(26)21(30-20)29-17-10-5-6-11-25(17,24(2,3)4)31-23(33)34/h7-9,12,17,31H,5-6,10-11,13H2,1-4H3,(H,27,32)(H,33,34)(H2,28,29,30). The number of benzene rings is 1. The van der Waals surface area contributed by atoms with Gasteiger partial charge in [0.1, 0.15) is 11.6 Å². The molecule has 8 nitrogen and oxygen atoms in total. The Morgan fingerprint density at radius 3 is 2.71 bits per heavy atom. The lowest BCUT2D eigenvalue weighted by Crippen LogP contribution is -2.67. The van der Waals surface area contributed by atoms with Crippen LogP contribution in [0.15, 0.2) is 24.3 Å². The van der Waals surface area contributed by atoms with Crippen molar-refractivity contribution in [1.82, 2.24) is 15.6 Å². The van der Waals surface area contributed by atoms with Crippen molar-refractivity contribution in [2.75, 3.05) is 10.6 Å². The van der Waals surface area contributed by atoms with Crippen LogP contribution in [-0.2, 0) is 6.54 Å². The fourth-order valence-corrected chi connectivity index (χ4v) is 5.54. The van der Waals surface area contributed by atoms with Crippen LogP contribution in [0.4, 0.5) is 22.1 Å². The first-order valence-corrected chi connectivity index (χ1v) is 12.0. The van der Waals surface area contributed by atoms with E-state index >= 15 is 0 Å². The van der Waals surface area contributed by atoms with E-state index in [1.807, 2.05) is 52.0 Å². The molecular weight excluding hydrogens is 454 g/mol.